The van der Waals surface area contributed by atoms with Gasteiger partial charge < -0.3 is 15.2 Å². The molecule has 5 nitrogen and oxygen atoms in total. The summed E-state index contributed by atoms with van der Waals surface area (Å²) in [4.78, 5) is 13.6. The lowest BCUT2D eigenvalue weighted by Crippen LogP contribution is -2.25. The molecule has 0 radical (unpaired) electrons. The van der Waals surface area contributed by atoms with Crippen molar-refractivity contribution in [1.29, 1.82) is 5.26 Å². The number of carbonyl (C=O) groups is 1. The predicted octanol–water partition coefficient (Wildman–Crippen LogP) is 3.53. The molecule has 0 saturated carbocycles. The van der Waals surface area contributed by atoms with Crippen LogP contribution in [-0.4, -0.2) is 12.6 Å². The van der Waals surface area contributed by atoms with E-state index in [9.17, 15) is 10.1 Å². The number of nitriles is 1. The van der Waals surface area contributed by atoms with Crippen LogP contribution in [-0.2, 0) is 14.3 Å². The Labute approximate surface area is 149 Å². The zero-order valence-electron chi connectivity index (χ0n) is 13.6. The van der Waals surface area contributed by atoms with Gasteiger partial charge in [0.2, 0.25) is 5.88 Å². The van der Waals surface area contributed by atoms with Gasteiger partial charge in [-0.15, -0.1) is 11.3 Å². The van der Waals surface area contributed by atoms with Crippen molar-refractivity contribution in [2.45, 2.75) is 12.8 Å². The molecular weight excluding hydrogens is 336 g/mol. The minimum absolute atomic E-state index is 0.00722. The molecule has 0 aliphatic carbocycles. The molecule has 0 unspecified atom stereocenters. The van der Waals surface area contributed by atoms with Gasteiger partial charge in [-0.25, -0.2) is 4.79 Å². The number of nitrogens with two attached hydrogens (primary N) is 1. The van der Waals surface area contributed by atoms with Gasteiger partial charge in [0.1, 0.15) is 17.4 Å². The Morgan fingerprint density at radius 3 is 2.68 bits per heavy atom. The van der Waals surface area contributed by atoms with Crippen LogP contribution in [0.1, 0.15) is 23.3 Å². The van der Waals surface area contributed by atoms with Crippen LogP contribution in [0.4, 0.5) is 0 Å². The first-order valence-corrected chi connectivity index (χ1v) is 8.63. The summed E-state index contributed by atoms with van der Waals surface area (Å²) in [5, 5.41) is 11.5. The Balaban J connectivity index is 2.25. The van der Waals surface area contributed by atoms with Crippen LogP contribution >= 0.6 is 11.3 Å². The lowest BCUT2D eigenvalue weighted by atomic mass is 9.86. The largest absolute Gasteiger partial charge is 0.463 e. The SMILES string of the molecule is CCOC(=O)C1=C(c2ccccc2)OC(N)=C(C#N)[C@@H]1c1cccs1. The van der Waals surface area contributed by atoms with E-state index in [0.717, 1.165) is 4.88 Å². The van der Waals surface area contributed by atoms with Crippen molar-refractivity contribution < 1.29 is 14.3 Å². The summed E-state index contributed by atoms with van der Waals surface area (Å²) in [5.74, 6) is -0.783. The average Bonchev–Trinajstić information content (AvgIpc) is 3.16. The van der Waals surface area contributed by atoms with E-state index in [1.165, 1.54) is 11.3 Å². The van der Waals surface area contributed by atoms with E-state index in [1.54, 1.807) is 6.92 Å². The van der Waals surface area contributed by atoms with Crippen molar-refractivity contribution in [2.24, 2.45) is 5.73 Å². The molecule has 126 valence electrons. The standard InChI is InChI=1S/C19H16N2O3S/c1-2-23-19(22)16-15(14-9-6-10-25-14)13(11-20)18(21)24-17(16)12-7-4-3-5-8-12/h3-10,15H,2,21H2,1H3/t15-/m1/s1. The number of hydrogen-bond acceptors (Lipinski definition) is 6. The molecule has 0 spiro atoms. The van der Waals surface area contributed by atoms with Crippen LogP contribution in [0.5, 0.6) is 0 Å². The normalized spacial score (nSPS) is 17.0. The second-order valence-corrected chi connectivity index (χ2v) is 6.25. The van der Waals surface area contributed by atoms with Crippen molar-refractivity contribution in [3.05, 3.63) is 75.3 Å². The predicted molar refractivity (Wildman–Crippen MR) is 95.0 cm³/mol. The third kappa shape index (κ3) is 3.14. The zero-order valence-corrected chi connectivity index (χ0v) is 14.4. The van der Waals surface area contributed by atoms with E-state index in [2.05, 4.69) is 6.07 Å². The Morgan fingerprint density at radius 2 is 2.08 bits per heavy atom. The maximum Gasteiger partial charge on any atom is 0.338 e. The van der Waals surface area contributed by atoms with Gasteiger partial charge in [0.05, 0.1) is 18.1 Å². The van der Waals surface area contributed by atoms with Gasteiger partial charge >= 0.3 is 5.97 Å². The Kier molecular flexibility index (Phi) is 4.87. The average molecular weight is 352 g/mol. The third-order valence-electron chi connectivity index (χ3n) is 3.78. The molecule has 0 fully saturated rings. The minimum atomic E-state index is -0.604. The number of hydrogen-bond donors (Lipinski definition) is 1. The number of ether oxygens (including phenoxy) is 2. The summed E-state index contributed by atoms with van der Waals surface area (Å²) in [7, 11) is 0. The van der Waals surface area contributed by atoms with Crippen LogP contribution in [0.15, 0.2) is 64.9 Å². The van der Waals surface area contributed by atoms with Gasteiger partial charge in [0.15, 0.2) is 0 Å². The van der Waals surface area contributed by atoms with Crippen molar-refractivity contribution in [3.8, 4) is 6.07 Å². The number of esters is 1. The summed E-state index contributed by atoms with van der Waals surface area (Å²) >= 11 is 1.45. The highest BCUT2D eigenvalue weighted by Gasteiger charge is 2.38. The number of allylic oxidation sites excluding steroid dienone is 1. The van der Waals surface area contributed by atoms with Crippen molar-refractivity contribution in [3.63, 3.8) is 0 Å². The van der Waals surface area contributed by atoms with E-state index in [-0.39, 0.29) is 18.1 Å². The first kappa shape index (κ1) is 16.8. The summed E-state index contributed by atoms with van der Waals surface area (Å²) in [5.41, 5.74) is 7.21. The highest BCUT2D eigenvalue weighted by atomic mass is 32.1. The van der Waals surface area contributed by atoms with Crippen LogP contribution in [0.2, 0.25) is 0 Å². The first-order chi connectivity index (χ1) is 12.2. The van der Waals surface area contributed by atoms with Crippen LogP contribution in [0, 0.1) is 11.3 Å². The highest BCUT2D eigenvalue weighted by Crippen LogP contribution is 2.44. The number of nitrogens with zero attached hydrogens (tertiary/aromatic N) is 1. The van der Waals surface area contributed by atoms with E-state index in [4.69, 9.17) is 15.2 Å². The lowest BCUT2D eigenvalue weighted by molar-refractivity contribution is -0.138. The van der Waals surface area contributed by atoms with Crippen LogP contribution in [0.3, 0.4) is 0 Å². The highest BCUT2D eigenvalue weighted by molar-refractivity contribution is 7.10. The number of rotatable bonds is 4. The molecule has 25 heavy (non-hydrogen) atoms. The lowest BCUT2D eigenvalue weighted by Gasteiger charge is -2.27. The van der Waals surface area contributed by atoms with Crippen LogP contribution in [0.25, 0.3) is 5.76 Å². The zero-order chi connectivity index (χ0) is 17.8. The molecule has 0 saturated heterocycles. The first-order valence-electron chi connectivity index (χ1n) is 7.75. The Hall–Kier alpha value is -3.04. The van der Waals surface area contributed by atoms with E-state index in [1.807, 2.05) is 47.8 Å². The molecule has 0 amide bonds. The van der Waals surface area contributed by atoms with Gasteiger partial charge in [-0.05, 0) is 18.4 Å². The van der Waals surface area contributed by atoms with E-state index in [0.29, 0.717) is 16.9 Å². The fourth-order valence-electron chi connectivity index (χ4n) is 2.72. The fourth-order valence-corrected chi connectivity index (χ4v) is 3.56. The number of carbonyl (C=O) groups excluding carboxylic acids is 1. The quantitative estimate of drug-likeness (QED) is 0.851. The van der Waals surface area contributed by atoms with Gasteiger partial charge in [0, 0.05) is 10.4 Å². The van der Waals surface area contributed by atoms with Crippen molar-refractivity contribution in [1.82, 2.24) is 0 Å². The molecule has 2 heterocycles. The molecule has 1 aliphatic heterocycles. The van der Waals surface area contributed by atoms with E-state index < -0.39 is 11.9 Å². The Bertz CT molecular complexity index is 877. The number of thiophene rings is 1. The maximum absolute atomic E-state index is 12.7. The second kappa shape index (κ2) is 7.24. The second-order valence-electron chi connectivity index (χ2n) is 5.27. The monoisotopic (exact) mass is 352 g/mol. The van der Waals surface area contributed by atoms with Gasteiger partial charge in [-0.2, -0.15) is 5.26 Å². The fraction of sp³-hybridized carbons (Fsp3) is 0.158. The molecule has 1 aliphatic rings. The summed E-state index contributed by atoms with van der Waals surface area (Å²) in [6, 6.07) is 15.0. The molecule has 3 rings (SSSR count). The Morgan fingerprint density at radius 1 is 1.32 bits per heavy atom. The summed E-state index contributed by atoms with van der Waals surface area (Å²) < 4.78 is 10.9. The molecule has 1 aromatic heterocycles. The molecular formula is C19H16N2O3S. The molecule has 1 aromatic carbocycles. The number of benzene rings is 1. The molecule has 6 heteroatoms. The third-order valence-corrected chi connectivity index (χ3v) is 4.72. The molecule has 1 atom stereocenters. The van der Waals surface area contributed by atoms with Crippen LogP contribution < -0.4 is 5.73 Å². The van der Waals surface area contributed by atoms with Gasteiger partial charge in [-0.3, -0.25) is 0 Å². The topological polar surface area (TPSA) is 85.3 Å². The molecule has 2 N–H and O–H groups in total. The van der Waals surface area contributed by atoms with Crippen molar-refractivity contribution in [2.75, 3.05) is 6.61 Å². The maximum atomic E-state index is 12.7. The minimum Gasteiger partial charge on any atom is -0.463 e. The van der Waals surface area contributed by atoms with E-state index >= 15 is 0 Å². The van der Waals surface area contributed by atoms with Crippen molar-refractivity contribution >= 4 is 23.1 Å². The molecule has 0 bridgehead atoms. The van der Waals surface area contributed by atoms with Gasteiger partial charge in [0.25, 0.3) is 0 Å². The van der Waals surface area contributed by atoms with Gasteiger partial charge in [-0.1, -0.05) is 36.4 Å². The molecule has 2 aromatic rings. The summed E-state index contributed by atoms with van der Waals surface area (Å²) in [6.45, 7) is 1.96. The smallest absolute Gasteiger partial charge is 0.338 e. The summed E-state index contributed by atoms with van der Waals surface area (Å²) in [6.07, 6.45) is 0.